The molecule has 1 aliphatic heterocycles. The van der Waals surface area contributed by atoms with E-state index >= 15 is 0 Å². The fraction of sp³-hybridized carbons (Fsp3) is 0.588. The van der Waals surface area contributed by atoms with E-state index in [1.807, 2.05) is 0 Å². The number of halogens is 1. The Morgan fingerprint density at radius 3 is 2.46 bits per heavy atom. The maximum absolute atomic E-state index is 12.5. The van der Waals surface area contributed by atoms with Crippen molar-refractivity contribution in [3.8, 4) is 0 Å². The van der Waals surface area contributed by atoms with Gasteiger partial charge in [0.1, 0.15) is 0 Å². The Labute approximate surface area is 149 Å². The van der Waals surface area contributed by atoms with E-state index in [4.69, 9.17) is 11.6 Å². The van der Waals surface area contributed by atoms with Gasteiger partial charge in [0, 0.05) is 30.6 Å². The molecule has 134 valence electrons. The van der Waals surface area contributed by atoms with Crippen LogP contribution >= 0.6 is 11.6 Å². The number of hydrogen-bond donors (Lipinski definition) is 1. The highest BCUT2D eigenvalue weighted by atomic mass is 35.5. The van der Waals surface area contributed by atoms with E-state index in [9.17, 15) is 13.2 Å². The van der Waals surface area contributed by atoms with Gasteiger partial charge in [-0.1, -0.05) is 37.1 Å². The van der Waals surface area contributed by atoms with Crippen LogP contribution in [0.3, 0.4) is 0 Å². The van der Waals surface area contributed by atoms with Crippen LogP contribution in [0.4, 0.5) is 0 Å². The number of benzene rings is 1. The van der Waals surface area contributed by atoms with Crippen LogP contribution in [0.1, 0.15) is 38.2 Å². The summed E-state index contributed by atoms with van der Waals surface area (Å²) >= 11 is 5.82. The number of carbonyl (C=O) groups excluding carboxylic acids is 1. The fourth-order valence-electron chi connectivity index (χ4n) is 2.81. The molecule has 7 heteroatoms. The SMILES string of the molecule is CCCCNC(=O)C1CCN(S(=O)(=O)Cc2ccc(Cl)cc2)CC1. The minimum Gasteiger partial charge on any atom is -0.356 e. The molecule has 1 aliphatic rings. The van der Waals surface area contributed by atoms with Gasteiger partial charge in [-0.2, -0.15) is 0 Å². The molecule has 0 spiro atoms. The van der Waals surface area contributed by atoms with Crippen molar-refractivity contribution >= 4 is 27.5 Å². The van der Waals surface area contributed by atoms with Crippen LogP contribution in [0.2, 0.25) is 5.02 Å². The van der Waals surface area contributed by atoms with Crippen LogP contribution in [0.25, 0.3) is 0 Å². The minimum atomic E-state index is -3.36. The molecule has 2 rings (SSSR count). The summed E-state index contributed by atoms with van der Waals surface area (Å²) in [5.41, 5.74) is 0.721. The standard InChI is InChI=1S/C17H25ClN2O3S/c1-2-3-10-19-17(21)15-8-11-20(12-9-15)24(22,23)13-14-4-6-16(18)7-5-14/h4-7,15H,2-3,8-13H2,1H3,(H,19,21). The average Bonchev–Trinajstić information content (AvgIpc) is 2.57. The normalized spacial score (nSPS) is 16.9. The third-order valence-electron chi connectivity index (χ3n) is 4.31. The topological polar surface area (TPSA) is 66.5 Å². The molecule has 1 aromatic rings. The van der Waals surface area contributed by atoms with E-state index in [-0.39, 0.29) is 17.6 Å². The number of sulfonamides is 1. The molecule has 24 heavy (non-hydrogen) atoms. The third-order valence-corrected chi connectivity index (χ3v) is 6.41. The first-order chi connectivity index (χ1) is 11.4. The second-order valence-corrected chi connectivity index (χ2v) is 8.61. The number of carbonyl (C=O) groups is 1. The Balaban J connectivity index is 1.86. The summed E-state index contributed by atoms with van der Waals surface area (Å²) in [7, 11) is -3.36. The first kappa shape index (κ1) is 19.2. The molecule has 1 aromatic carbocycles. The van der Waals surface area contributed by atoms with Gasteiger partial charge in [-0.05, 0) is 37.0 Å². The highest BCUT2D eigenvalue weighted by Crippen LogP contribution is 2.22. The largest absolute Gasteiger partial charge is 0.356 e. The summed E-state index contributed by atoms with van der Waals surface area (Å²) in [6.45, 7) is 3.59. The van der Waals surface area contributed by atoms with Crippen molar-refractivity contribution in [2.75, 3.05) is 19.6 Å². The fourth-order valence-corrected chi connectivity index (χ4v) is 4.50. The molecule has 0 radical (unpaired) electrons. The van der Waals surface area contributed by atoms with E-state index < -0.39 is 10.0 Å². The number of amides is 1. The van der Waals surface area contributed by atoms with Gasteiger partial charge in [0.15, 0.2) is 0 Å². The molecule has 1 fully saturated rings. The summed E-state index contributed by atoms with van der Waals surface area (Å²) in [5.74, 6) is -0.0561. The van der Waals surface area contributed by atoms with Gasteiger partial charge < -0.3 is 5.32 Å². The van der Waals surface area contributed by atoms with Gasteiger partial charge in [-0.25, -0.2) is 12.7 Å². The van der Waals surface area contributed by atoms with Crippen LogP contribution < -0.4 is 5.32 Å². The Bertz CT molecular complexity index is 638. The number of piperidine rings is 1. The van der Waals surface area contributed by atoms with Crippen molar-refractivity contribution in [2.45, 2.75) is 38.4 Å². The Kier molecular flexibility index (Phi) is 7.07. The zero-order valence-electron chi connectivity index (χ0n) is 14.0. The lowest BCUT2D eigenvalue weighted by molar-refractivity contribution is -0.126. The summed E-state index contributed by atoms with van der Waals surface area (Å²) in [6.07, 6.45) is 3.18. The molecule has 1 N–H and O–H groups in total. The third kappa shape index (κ3) is 5.46. The van der Waals surface area contributed by atoms with Gasteiger partial charge in [-0.15, -0.1) is 0 Å². The van der Waals surface area contributed by atoms with Gasteiger partial charge in [0.25, 0.3) is 0 Å². The summed E-state index contributed by atoms with van der Waals surface area (Å²) in [4.78, 5) is 12.1. The van der Waals surface area contributed by atoms with E-state index in [0.29, 0.717) is 37.5 Å². The lowest BCUT2D eigenvalue weighted by Gasteiger charge is -2.30. The second-order valence-electron chi connectivity index (χ2n) is 6.20. The monoisotopic (exact) mass is 372 g/mol. The second kappa shape index (κ2) is 8.83. The average molecular weight is 373 g/mol. The molecule has 0 aliphatic carbocycles. The number of nitrogens with one attached hydrogen (secondary N) is 1. The molecule has 5 nitrogen and oxygen atoms in total. The summed E-state index contributed by atoms with van der Waals surface area (Å²) in [5, 5.41) is 3.52. The van der Waals surface area contributed by atoms with Crippen molar-refractivity contribution in [3.63, 3.8) is 0 Å². The Morgan fingerprint density at radius 1 is 1.25 bits per heavy atom. The van der Waals surface area contributed by atoms with Crippen molar-refractivity contribution in [1.82, 2.24) is 9.62 Å². The molecule has 0 atom stereocenters. The molecular weight excluding hydrogens is 348 g/mol. The number of unbranched alkanes of at least 4 members (excludes halogenated alkanes) is 1. The molecule has 0 unspecified atom stereocenters. The van der Waals surface area contributed by atoms with E-state index in [0.717, 1.165) is 18.4 Å². The van der Waals surface area contributed by atoms with Crippen LogP contribution in [0, 0.1) is 5.92 Å². The van der Waals surface area contributed by atoms with Gasteiger partial charge >= 0.3 is 0 Å². The number of hydrogen-bond acceptors (Lipinski definition) is 3. The molecular formula is C17H25ClN2O3S. The zero-order chi connectivity index (χ0) is 17.6. The molecule has 0 saturated carbocycles. The van der Waals surface area contributed by atoms with Crippen LogP contribution in [-0.4, -0.2) is 38.3 Å². The van der Waals surface area contributed by atoms with Crippen LogP contribution in [0.5, 0.6) is 0 Å². The van der Waals surface area contributed by atoms with E-state index in [1.54, 1.807) is 24.3 Å². The van der Waals surface area contributed by atoms with Gasteiger partial charge in [-0.3, -0.25) is 4.79 Å². The van der Waals surface area contributed by atoms with Gasteiger partial charge in [0.05, 0.1) is 5.75 Å². The zero-order valence-corrected chi connectivity index (χ0v) is 15.6. The summed E-state index contributed by atoms with van der Waals surface area (Å²) in [6, 6.07) is 6.85. The molecule has 1 amide bonds. The lowest BCUT2D eigenvalue weighted by atomic mass is 9.97. The quantitative estimate of drug-likeness (QED) is 0.748. The summed E-state index contributed by atoms with van der Waals surface area (Å²) < 4.78 is 26.5. The van der Waals surface area contributed by atoms with Gasteiger partial charge in [0.2, 0.25) is 15.9 Å². The van der Waals surface area contributed by atoms with Crippen LogP contribution in [-0.2, 0) is 20.6 Å². The molecule has 0 aromatic heterocycles. The minimum absolute atomic E-state index is 0.0302. The van der Waals surface area contributed by atoms with Crippen LogP contribution in [0.15, 0.2) is 24.3 Å². The van der Waals surface area contributed by atoms with Crippen molar-refractivity contribution in [1.29, 1.82) is 0 Å². The smallest absolute Gasteiger partial charge is 0.223 e. The first-order valence-corrected chi connectivity index (χ1v) is 10.4. The highest BCUT2D eigenvalue weighted by molar-refractivity contribution is 7.88. The van der Waals surface area contributed by atoms with E-state index in [1.165, 1.54) is 4.31 Å². The lowest BCUT2D eigenvalue weighted by Crippen LogP contribution is -2.43. The Morgan fingerprint density at radius 2 is 1.88 bits per heavy atom. The maximum Gasteiger partial charge on any atom is 0.223 e. The number of rotatable bonds is 7. The Hall–Kier alpha value is -1.11. The molecule has 0 bridgehead atoms. The van der Waals surface area contributed by atoms with Crippen molar-refractivity contribution < 1.29 is 13.2 Å². The van der Waals surface area contributed by atoms with Crippen molar-refractivity contribution in [2.24, 2.45) is 5.92 Å². The predicted octanol–water partition coefficient (Wildman–Crippen LogP) is 2.80. The maximum atomic E-state index is 12.5. The van der Waals surface area contributed by atoms with E-state index in [2.05, 4.69) is 12.2 Å². The number of nitrogens with zero attached hydrogens (tertiary/aromatic N) is 1. The first-order valence-electron chi connectivity index (χ1n) is 8.42. The molecule has 1 heterocycles. The van der Waals surface area contributed by atoms with Crippen molar-refractivity contribution in [3.05, 3.63) is 34.9 Å². The highest BCUT2D eigenvalue weighted by Gasteiger charge is 2.30. The predicted molar refractivity (Wildman–Crippen MR) is 96.3 cm³/mol. The molecule has 1 saturated heterocycles.